The van der Waals surface area contributed by atoms with E-state index in [1.807, 2.05) is 31.2 Å². The number of hydrogen-bond acceptors (Lipinski definition) is 2. The molecule has 1 N–H and O–H groups in total. The summed E-state index contributed by atoms with van der Waals surface area (Å²) in [6, 6.07) is 12.0. The summed E-state index contributed by atoms with van der Waals surface area (Å²) in [6.45, 7) is 2.66. The summed E-state index contributed by atoms with van der Waals surface area (Å²) in [7, 11) is 0. The SMILES string of the molecule is CCc1ccc(NC(=O)[C@@H]2CCCN(C(=O)c3cccc(C(F)(F)F)c3)C2)cc1. The average Bonchev–Trinajstić information content (AvgIpc) is 2.73. The van der Waals surface area contributed by atoms with E-state index in [9.17, 15) is 22.8 Å². The molecule has 1 heterocycles. The van der Waals surface area contributed by atoms with Crippen molar-refractivity contribution in [3.63, 3.8) is 0 Å². The Morgan fingerprint density at radius 2 is 1.86 bits per heavy atom. The summed E-state index contributed by atoms with van der Waals surface area (Å²) >= 11 is 0. The quantitative estimate of drug-likeness (QED) is 0.799. The molecule has 1 saturated heterocycles. The lowest BCUT2D eigenvalue weighted by Gasteiger charge is -2.32. The van der Waals surface area contributed by atoms with Gasteiger partial charge in [0.25, 0.3) is 5.91 Å². The molecule has 1 atom stereocenters. The zero-order chi connectivity index (χ0) is 21.0. The number of likely N-dealkylation sites (tertiary alicyclic amines) is 1. The highest BCUT2D eigenvalue weighted by atomic mass is 19.4. The van der Waals surface area contributed by atoms with Gasteiger partial charge in [-0.15, -0.1) is 0 Å². The van der Waals surface area contributed by atoms with Crippen LogP contribution in [0.4, 0.5) is 18.9 Å². The van der Waals surface area contributed by atoms with Crippen molar-refractivity contribution in [3.05, 3.63) is 65.2 Å². The van der Waals surface area contributed by atoms with Crippen molar-refractivity contribution >= 4 is 17.5 Å². The number of halogens is 3. The summed E-state index contributed by atoms with van der Waals surface area (Å²) in [6.07, 6.45) is -2.35. The lowest BCUT2D eigenvalue weighted by Crippen LogP contribution is -2.43. The van der Waals surface area contributed by atoms with Gasteiger partial charge in [0.1, 0.15) is 0 Å². The maximum absolute atomic E-state index is 12.9. The topological polar surface area (TPSA) is 49.4 Å². The Kier molecular flexibility index (Phi) is 6.25. The first-order valence-electron chi connectivity index (χ1n) is 9.64. The van der Waals surface area contributed by atoms with Crippen molar-refractivity contribution in [1.29, 1.82) is 0 Å². The Hall–Kier alpha value is -2.83. The summed E-state index contributed by atoms with van der Waals surface area (Å²) < 4.78 is 38.8. The molecule has 154 valence electrons. The number of hydrogen-bond donors (Lipinski definition) is 1. The first-order chi connectivity index (χ1) is 13.8. The maximum Gasteiger partial charge on any atom is 0.416 e. The monoisotopic (exact) mass is 404 g/mol. The molecule has 3 rings (SSSR count). The lowest BCUT2D eigenvalue weighted by atomic mass is 9.96. The Morgan fingerprint density at radius 1 is 1.14 bits per heavy atom. The van der Waals surface area contributed by atoms with Crippen molar-refractivity contribution < 1.29 is 22.8 Å². The number of benzene rings is 2. The molecule has 0 radical (unpaired) electrons. The van der Waals surface area contributed by atoms with E-state index in [2.05, 4.69) is 5.32 Å². The van der Waals surface area contributed by atoms with Gasteiger partial charge >= 0.3 is 6.18 Å². The summed E-state index contributed by atoms with van der Waals surface area (Å²) in [4.78, 5) is 26.8. The highest BCUT2D eigenvalue weighted by Gasteiger charge is 2.33. The molecular formula is C22H23F3N2O2. The second-order valence-corrected chi connectivity index (χ2v) is 7.21. The molecule has 0 saturated carbocycles. The van der Waals surface area contributed by atoms with Gasteiger partial charge in [-0.2, -0.15) is 13.2 Å². The number of aryl methyl sites for hydroxylation is 1. The van der Waals surface area contributed by atoms with Crippen molar-refractivity contribution in [1.82, 2.24) is 4.90 Å². The number of rotatable bonds is 4. The first kappa shape index (κ1) is 20.9. The number of alkyl halides is 3. The van der Waals surface area contributed by atoms with Crippen LogP contribution in [0.1, 0.15) is 41.3 Å². The largest absolute Gasteiger partial charge is 0.416 e. The number of piperidine rings is 1. The third-order valence-electron chi connectivity index (χ3n) is 5.15. The van der Waals surface area contributed by atoms with Crippen LogP contribution >= 0.6 is 0 Å². The fourth-order valence-electron chi connectivity index (χ4n) is 3.45. The molecule has 0 bridgehead atoms. The van der Waals surface area contributed by atoms with Gasteiger partial charge in [0.15, 0.2) is 0 Å². The fourth-order valence-corrected chi connectivity index (χ4v) is 3.45. The van der Waals surface area contributed by atoms with E-state index in [0.717, 1.165) is 18.6 Å². The second-order valence-electron chi connectivity index (χ2n) is 7.21. The van der Waals surface area contributed by atoms with Crippen LogP contribution in [-0.4, -0.2) is 29.8 Å². The molecule has 29 heavy (non-hydrogen) atoms. The smallest absolute Gasteiger partial charge is 0.338 e. The van der Waals surface area contributed by atoms with Crippen molar-refractivity contribution in [2.45, 2.75) is 32.4 Å². The van der Waals surface area contributed by atoms with E-state index in [1.54, 1.807) is 0 Å². The predicted octanol–water partition coefficient (Wildman–Crippen LogP) is 4.76. The molecule has 1 fully saturated rings. The van der Waals surface area contributed by atoms with E-state index < -0.39 is 23.6 Å². The lowest BCUT2D eigenvalue weighted by molar-refractivity contribution is -0.137. The molecule has 0 aliphatic carbocycles. The van der Waals surface area contributed by atoms with Gasteiger partial charge < -0.3 is 10.2 Å². The number of amides is 2. The van der Waals surface area contributed by atoms with E-state index in [1.165, 1.54) is 22.6 Å². The van der Waals surface area contributed by atoms with Crippen molar-refractivity contribution in [3.8, 4) is 0 Å². The second kappa shape index (κ2) is 8.68. The van der Waals surface area contributed by atoms with Gasteiger partial charge in [-0.25, -0.2) is 0 Å². The van der Waals surface area contributed by atoms with Crippen LogP contribution in [0.25, 0.3) is 0 Å². The van der Waals surface area contributed by atoms with Crippen LogP contribution in [-0.2, 0) is 17.4 Å². The summed E-state index contributed by atoms with van der Waals surface area (Å²) in [5.41, 5.74) is 0.980. The normalized spacial score (nSPS) is 17.1. The van der Waals surface area contributed by atoms with E-state index in [4.69, 9.17) is 0 Å². The zero-order valence-corrected chi connectivity index (χ0v) is 16.1. The number of nitrogens with one attached hydrogen (secondary N) is 1. The highest BCUT2D eigenvalue weighted by molar-refractivity contribution is 5.96. The standard InChI is InChI=1S/C22H23F3N2O2/c1-2-15-8-10-19(11-9-15)26-20(28)17-6-4-12-27(14-17)21(29)16-5-3-7-18(13-16)22(23,24)25/h3,5,7-11,13,17H,2,4,6,12,14H2,1H3,(H,26,28)/t17-/m1/s1. The minimum Gasteiger partial charge on any atom is -0.338 e. The van der Waals surface area contributed by atoms with Crippen LogP contribution in [0.5, 0.6) is 0 Å². The zero-order valence-electron chi connectivity index (χ0n) is 16.1. The van der Waals surface area contributed by atoms with Crippen LogP contribution < -0.4 is 5.32 Å². The van der Waals surface area contributed by atoms with Crippen LogP contribution in [0.15, 0.2) is 48.5 Å². The minimum atomic E-state index is -4.51. The van der Waals surface area contributed by atoms with Gasteiger partial charge in [0.2, 0.25) is 5.91 Å². The average molecular weight is 404 g/mol. The molecule has 0 unspecified atom stereocenters. The first-order valence-corrected chi connectivity index (χ1v) is 9.64. The molecule has 1 aliphatic rings. The number of carbonyl (C=O) groups is 2. The third kappa shape index (κ3) is 5.16. The molecular weight excluding hydrogens is 381 g/mol. The molecule has 1 aliphatic heterocycles. The molecule has 2 aromatic carbocycles. The number of carbonyl (C=O) groups excluding carboxylic acids is 2. The molecule has 2 amide bonds. The van der Waals surface area contributed by atoms with Crippen molar-refractivity contribution in [2.24, 2.45) is 5.92 Å². The Morgan fingerprint density at radius 3 is 2.52 bits per heavy atom. The molecule has 0 spiro atoms. The van der Waals surface area contributed by atoms with Crippen molar-refractivity contribution in [2.75, 3.05) is 18.4 Å². The minimum absolute atomic E-state index is 0.0176. The number of nitrogens with zero attached hydrogens (tertiary/aromatic N) is 1. The van der Waals surface area contributed by atoms with Crippen LogP contribution in [0.2, 0.25) is 0 Å². The molecule has 4 nitrogen and oxygen atoms in total. The van der Waals surface area contributed by atoms with E-state index in [-0.39, 0.29) is 18.0 Å². The molecule has 2 aromatic rings. The Labute approximate surface area is 167 Å². The summed E-state index contributed by atoms with van der Waals surface area (Å²) in [5.74, 6) is -1.07. The third-order valence-corrected chi connectivity index (χ3v) is 5.15. The van der Waals surface area contributed by atoms with Gasteiger partial charge in [-0.3, -0.25) is 9.59 Å². The fraction of sp³-hybridized carbons (Fsp3) is 0.364. The Balaban J connectivity index is 1.66. The van der Waals surface area contributed by atoms with Crippen LogP contribution in [0, 0.1) is 5.92 Å². The van der Waals surface area contributed by atoms with E-state index >= 15 is 0 Å². The Bertz CT molecular complexity index is 878. The van der Waals surface area contributed by atoms with Gasteiger partial charge in [-0.05, 0) is 55.2 Å². The maximum atomic E-state index is 12.9. The number of anilines is 1. The van der Waals surface area contributed by atoms with E-state index in [0.29, 0.717) is 25.1 Å². The molecule has 0 aromatic heterocycles. The molecule has 7 heteroatoms. The predicted molar refractivity (Wildman–Crippen MR) is 105 cm³/mol. The summed E-state index contributed by atoms with van der Waals surface area (Å²) in [5, 5.41) is 2.87. The van der Waals surface area contributed by atoms with Gasteiger partial charge in [-0.1, -0.05) is 25.1 Å². The highest BCUT2D eigenvalue weighted by Crippen LogP contribution is 2.30. The van der Waals surface area contributed by atoms with Gasteiger partial charge in [0.05, 0.1) is 11.5 Å². The van der Waals surface area contributed by atoms with Gasteiger partial charge in [0, 0.05) is 24.3 Å². The van der Waals surface area contributed by atoms with Crippen LogP contribution in [0.3, 0.4) is 0 Å².